The Morgan fingerprint density at radius 2 is 2.32 bits per heavy atom. The van der Waals surface area contributed by atoms with Crippen molar-refractivity contribution in [3.63, 3.8) is 0 Å². The number of benzene rings is 1. The molecule has 2 aliphatic rings. The molecule has 0 spiro atoms. The van der Waals surface area contributed by atoms with Crippen LogP contribution >= 0.6 is 11.6 Å². The van der Waals surface area contributed by atoms with E-state index in [9.17, 15) is 0 Å². The summed E-state index contributed by atoms with van der Waals surface area (Å²) < 4.78 is 0. The Labute approximate surface area is 120 Å². The maximum Gasteiger partial charge on any atom is 0.0522 e. The van der Waals surface area contributed by atoms with Gasteiger partial charge in [0.05, 0.1) is 5.54 Å². The van der Waals surface area contributed by atoms with E-state index in [2.05, 4.69) is 16.3 Å². The van der Waals surface area contributed by atoms with Crippen LogP contribution in [0, 0.1) is 0 Å². The SMILES string of the molecule is NCC1(Nc2cccc(Cl)c2)CCN2CCCC2C1. The molecule has 2 heterocycles. The molecule has 2 atom stereocenters. The van der Waals surface area contributed by atoms with Crippen LogP contribution in [0.25, 0.3) is 0 Å². The molecule has 2 unspecified atom stereocenters. The number of anilines is 1. The lowest BCUT2D eigenvalue weighted by Crippen LogP contribution is -2.55. The fourth-order valence-corrected chi connectivity index (χ4v) is 3.74. The summed E-state index contributed by atoms with van der Waals surface area (Å²) in [6, 6.07) is 8.66. The summed E-state index contributed by atoms with van der Waals surface area (Å²) in [6.07, 6.45) is 4.92. The van der Waals surface area contributed by atoms with Crippen molar-refractivity contribution in [3.05, 3.63) is 29.3 Å². The molecule has 0 saturated carbocycles. The molecule has 0 bridgehead atoms. The van der Waals surface area contributed by atoms with Crippen molar-refractivity contribution < 1.29 is 0 Å². The molecule has 19 heavy (non-hydrogen) atoms. The van der Waals surface area contributed by atoms with Gasteiger partial charge in [-0.1, -0.05) is 17.7 Å². The zero-order chi connectivity index (χ0) is 13.3. The Balaban J connectivity index is 1.76. The lowest BCUT2D eigenvalue weighted by Gasteiger charge is -2.44. The summed E-state index contributed by atoms with van der Waals surface area (Å²) in [4.78, 5) is 2.62. The highest BCUT2D eigenvalue weighted by Crippen LogP contribution is 2.35. The van der Waals surface area contributed by atoms with Crippen molar-refractivity contribution in [1.29, 1.82) is 0 Å². The summed E-state index contributed by atoms with van der Waals surface area (Å²) in [6.45, 7) is 3.11. The number of rotatable bonds is 3. The van der Waals surface area contributed by atoms with E-state index in [1.807, 2.05) is 18.2 Å². The van der Waals surface area contributed by atoms with Crippen LogP contribution < -0.4 is 11.1 Å². The molecule has 2 fully saturated rings. The minimum atomic E-state index is 0.0379. The number of nitrogens with zero attached hydrogens (tertiary/aromatic N) is 1. The standard InChI is InChI=1S/C15H22ClN3/c16-12-3-1-4-13(9-12)18-15(11-17)6-8-19-7-2-5-14(19)10-15/h1,3-4,9,14,18H,2,5-8,10-11,17H2. The number of piperidine rings is 1. The minimum Gasteiger partial charge on any atom is -0.378 e. The maximum absolute atomic E-state index is 6.09. The lowest BCUT2D eigenvalue weighted by atomic mass is 9.83. The van der Waals surface area contributed by atoms with Crippen LogP contribution in [0.1, 0.15) is 25.7 Å². The molecular weight excluding hydrogens is 258 g/mol. The highest BCUT2D eigenvalue weighted by molar-refractivity contribution is 6.30. The third-order valence-electron chi connectivity index (χ3n) is 4.63. The zero-order valence-corrected chi connectivity index (χ0v) is 12.0. The molecule has 0 radical (unpaired) electrons. The molecule has 0 aliphatic carbocycles. The van der Waals surface area contributed by atoms with Crippen molar-refractivity contribution in [2.24, 2.45) is 5.73 Å². The van der Waals surface area contributed by atoms with Crippen LogP contribution in [-0.4, -0.2) is 36.1 Å². The number of nitrogens with two attached hydrogens (primary N) is 1. The lowest BCUT2D eigenvalue weighted by molar-refractivity contribution is 0.145. The molecule has 2 saturated heterocycles. The van der Waals surface area contributed by atoms with Crippen LogP contribution in [0.4, 0.5) is 5.69 Å². The van der Waals surface area contributed by atoms with Gasteiger partial charge >= 0.3 is 0 Å². The van der Waals surface area contributed by atoms with Gasteiger partial charge in [0.1, 0.15) is 0 Å². The Bertz CT molecular complexity index is 451. The highest BCUT2D eigenvalue weighted by Gasteiger charge is 2.40. The van der Waals surface area contributed by atoms with E-state index < -0.39 is 0 Å². The van der Waals surface area contributed by atoms with Gasteiger partial charge < -0.3 is 16.0 Å². The van der Waals surface area contributed by atoms with Gasteiger partial charge in [-0.3, -0.25) is 0 Å². The molecule has 1 aromatic rings. The average molecular weight is 280 g/mol. The van der Waals surface area contributed by atoms with Gasteiger partial charge in [0, 0.05) is 29.8 Å². The molecule has 3 rings (SSSR count). The first-order chi connectivity index (χ1) is 9.21. The number of hydrogen-bond acceptors (Lipinski definition) is 3. The monoisotopic (exact) mass is 279 g/mol. The van der Waals surface area contributed by atoms with Crippen molar-refractivity contribution in [1.82, 2.24) is 4.90 Å². The number of halogens is 1. The third-order valence-corrected chi connectivity index (χ3v) is 4.86. The van der Waals surface area contributed by atoms with Crippen LogP contribution in [0.2, 0.25) is 5.02 Å². The normalized spacial score (nSPS) is 31.2. The predicted molar refractivity (Wildman–Crippen MR) is 80.7 cm³/mol. The topological polar surface area (TPSA) is 41.3 Å². The Kier molecular flexibility index (Phi) is 3.70. The van der Waals surface area contributed by atoms with E-state index in [0.717, 1.165) is 30.1 Å². The summed E-state index contributed by atoms with van der Waals surface area (Å²) in [7, 11) is 0. The summed E-state index contributed by atoms with van der Waals surface area (Å²) in [5.74, 6) is 0. The van der Waals surface area contributed by atoms with E-state index in [1.165, 1.54) is 19.4 Å². The maximum atomic E-state index is 6.09. The first-order valence-electron chi connectivity index (χ1n) is 7.19. The van der Waals surface area contributed by atoms with Gasteiger partial charge in [-0.2, -0.15) is 0 Å². The Morgan fingerprint density at radius 1 is 1.42 bits per heavy atom. The quantitative estimate of drug-likeness (QED) is 0.894. The molecule has 0 aromatic heterocycles. The van der Waals surface area contributed by atoms with Gasteiger partial charge in [0.15, 0.2) is 0 Å². The molecule has 104 valence electrons. The van der Waals surface area contributed by atoms with E-state index in [0.29, 0.717) is 12.6 Å². The fraction of sp³-hybridized carbons (Fsp3) is 0.600. The molecule has 1 aromatic carbocycles. The third kappa shape index (κ3) is 2.73. The van der Waals surface area contributed by atoms with Crippen LogP contribution in [0.15, 0.2) is 24.3 Å². The fourth-order valence-electron chi connectivity index (χ4n) is 3.55. The second-order valence-electron chi connectivity index (χ2n) is 5.91. The largest absolute Gasteiger partial charge is 0.378 e. The number of nitrogens with one attached hydrogen (secondary N) is 1. The highest BCUT2D eigenvalue weighted by atomic mass is 35.5. The van der Waals surface area contributed by atoms with E-state index in [1.54, 1.807) is 0 Å². The van der Waals surface area contributed by atoms with E-state index in [4.69, 9.17) is 17.3 Å². The minimum absolute atomic E-state index is 0.0379. The summed E-state index contributed by atoms with van der Waals surface area (Å²) in [5.41, 5.74) is 7.22. The number of fused-ring (bicyclic) bond motifs is 1. The smallest absolute Gasteiger partial charge is 0.0522 e. The zero-order valence-electron chi connectivity index (χ0n) is 11.2. The van der Waals surface area contributed by atoms with Crippen LogP contribution in [0.5, 0.6) is 0 Å². The number of hydrogen-bond donors (Lipinski definition) is 2. The molecular formula is C15H22ClN3. The first-order valence-corrected chi connectivity index (χ1v) is 7.56. The molecule has 0 amide bonds. The van der Waals surface area contributed by atoms with Crippen LogP contribution in [-0.2, 0) is 0 Å². The Morgan fingerprint density at radius 3 is 3.11 bits per heavy atom. The van der Waals surface area contributed by atoms with Crippen LogP contribution in [0.3, 0.4) is 0 Å². The van der Waals surface area contributed by atoms with Gasteiger partial charge in [0.2, 0.25) is 0 Å². The van der Waals surface area contributed by atoms with E-state index in [-0.39, 0.29) is 5.54 Å². The van der Waals surface area contributed by atoms with Gasteiger partial charge in [0.25, 0.3) is 0 Å². The molecule has 4 heteroatoms. The van der Waals surface area contributed by atoms with Crippen molar-refractivity contribution in [2.45, 2.75) is 37.3 Å². The van der Waals surface area contributed by atoms with Gasteiger partial charge in [-0.25, -0.2) is 0 Å². The molecule has 3 nitrogen and oxygen atoms in total. The molecule has 2 aliphatic heterocycles. The van der Waals surface area contributed by atoms with E-state index >= 15 is 0 Å². The van der Waals surface area contributed by atoms with Crippen molar-refractivity contribution in [2.75, 3.05) is 25.0 Å². The van der Waals surface area contributed by atoms with Gasteiger partial charge in [-0.15, -0.1) is 0 Å². The molecule has 3 N–H and O–H groups in total. The van der Waals surface area contributed by atoms with Crippen molar-refractivity contribution in [3.8, 4) is 0 Å². The Hall–Kier alpha value is -0.770. The summed E-state index contributed by atoms with van der Waals surface area (Å²) in [5, 5.41) is 4.43. The first kappa shape index (κ1) is 13.2. The second-order valence-corrected chi connectivity index (χ2v) is 6.34. The second kappa shape index (κ2) is 5.31. The van der Waals surface area contributed by atoms with Crippen molar-refractivity contribution >= 4 is 17.3 Å². The summed E-state index contributed by atoms with van der Waals surface area (Å²) >= 11 is 6.06. The predicted octanol–water partition coefficient (Wildman–Crippen LogP) is 2.71. The van der Waals surface area contributed by atoms with Gasteiger partial charge in [-0.05, 0) is 50.4 Å². The average Bonchev–Trinajstić information content (AvgIpc) is 2.86.